The highest BCUT2D eigenvalue weighted by Gasteiger charge is 2.04. The molecule has 0 aliphatic carbocycles. The van der Waals surface area contributed by atoms with Crippen molar-refractivity contribution in [1.82, 2.24) is 0 Å². The summed E-state index contributed by atoms with van der Waals surface area (Å²) in [6, 6.07) is 3.03. The van der Waals surface area contributed by atoms with E-state index in [2.05, 4.69) is 0 Å². The fraction of sp³-hybridized carbons (Fsp3) is 0.333. The molecule has 0 saturated heterocycles. The van der Waals surface area contributed by atoms with Crippen LogP contribution in [0.4, 0.5) is 8.78 Å². The maximum atomic E-state index is 12.6. The minimum Gasteiger partial charge on any atom is -0.489 e. The molecule has 0 fully saturated rings. The van der Waals surface area contributed by atoms with Crippen LogP contribution in [0.3, 0.4) is 0 Å². The van der Waals surface area contributed by atoms with Crippen LogP contribution < -0.4 is 10.5 Å². The Morgan fingerprint density at radius 1 is 1.29 bits per heavy atom. The lowest BCUT2D eigenvalue weighted by molar-refractivity contribution is 0.228. The fourth-order valence-electron chi connectivity index (χ4n) is 0.877. The van der Waals surface area contributed by atoms with Gasteiger partial charge in [0.15, 0.2) is 0 Å². The van der Waals surface area contributed by atoms with Crippen LogP contribution in [0.1, 0.15) is 6.92 Å². The molecule has 1 aromatic carbocycles. The predicted molar refractivity (Wildman–Crippen MR) is 52.8 cm³/mol. The zero-order chi connectivity index (χ0) is 9.84. The average molecular weight is 224 g/mol. The number of rotatable bonds is 3. The van der Waals surface area contributed by atoms with Crippen molar-refractivity contribution < 1.29 is 13.5 Å². The van der Waals surface area contributed by atoms with Crippen LogP contribution in [-0.4, -0.2) is 12.6 Å². The van der Waals surface area contributed by atoms with Gasteiger partial charge in [-0.1, -0.05) is 0 Å². The first-order chi connectivity index (χ1) is 6.11. The molecule has 0 spiro atoms. The first-order valence-electron chi connectivity index (χ1n) is 3.94. The molecule has 0 aromatic heterocycles. The van der Waals surface area contributed by atoms with Crippen molar-refractivity contribution in [2.45, 2.75) is 13.0 Å². The average Bonchev–Trinajstić information content (AvgIpc) is 2.02. The van der Waals surface area contributed by atoms with Gasteiger partial charge in [-0.3, -0.25) is 0 Å². The number of hydrogen-bond donors (Lipinski definition) is 1. The fourth-order valence-corrected chi connectivity index (χ4v) is 0.877. The molecule has 2 nitrogen and oxygen atoms in total. The smallest absolute Gasteiger partial charge is 0.129 e. The van der Waals surface area contributed by atoms with Gasteiger partial charge in [0, 0.05) is 24.7 Å². The molecule has 0 aliphatic rings. The minimum absolute atomic E-state index is 0. The molecular formula is C9H12ClF2NO. The second-order valence-electron chi connectivity index (χ2n) is 2.77. The first kappa shape index (κ1) is 13.1. The van der Waals surface area contributed by atoms with Crippen molar-refractivity contribution in [2.75, 3.05) is 6.54 Å². The molecule has 1 unspecified atom stereocenters. The topological polar surface area (TPSA) is 35.2 Å². The van der Waals surface area contributed by atoms with E-state index in [4.69, 9.17) is 10.5 Å². The molecular weight excluding hydrogens is 212 g/mol. The zero-order valence-electron chi connectivity index (χ0n) is 7.67. The molecule has 0 heterocycles. The first-order valence-corrected chi connectivity index (χ1v) is 3.94. The Kier molecular flexibility index (Phi) is 5.42. The maximum Gasteiger partial charge on any atom is 0.129 e. The molecule has 5 heteroatoms. The Labute approximate surface area is 87.5 Å². The van der Waals surface area contributed by atoms with Crippen LogP contribution in [0.2, 0.25) is 0 Å². The van der Waals surface area contributed by atoms with Crippen molar-refractivity contribution >= 4 is 12.4 Å². The van der Waals surface area contributed by atoms with Gasteiger partial charge in [-0.15, -0.1) is 12.4 Å². The van der Waals surface area contributed by atoms with Gasteiger partial charge < -0.3 is 10.5 Å². The van der Waals surface area contributed by atoms with E-state index in [1.165, 1.54) is 0 Å². The zero-order valence-corrected chi connectivity index (χ0v) is 8.48. The third-order valence-corrected chi connectivity index (χ3v) is 1.51. The third-order valence-electron chi connectivity index (χ3n) is 1.51. The highest BCUT2D eigenvalue weighted by Crippen LogP contribution is 2.16. The number of ether oxygens (including phenoxy) is 1. The number of nitrogens with two attached hydrogens (primary N) is 1. The Bertz CT molecular complexity index is 276. The molecule has 1 aromatic rings. The molecule has 1 rings (SSSR count). The second-order valence-corrected chi connectivity index (χ2v) is 2.77. The summed E-state index contributed by atoms with van der Waals surface area (Å²) in [5.74, 6) is -1.14. The monoisotopic (exact) mass is 223 g/mol. The predicted octanol–water partition coefficient (Wildman–Crippen LogP) is 2.11. The van der Waals surface area contributed by atoms with Crippen LogP contribution in [0, 0.1) is 11.6 Å². The van der Waals surface area contributed by atoms with E-state index in [1.54, 1.807) is 6.92 Å². The Morgan fingerprint density at radius 3 is 2.21 bits per heavy atom. The van der Waals surface area contributed by atoms with E-state index in [1.807, 2.05) is 0 Å². The van der Waals surface area contributed by atoms with E-state index in [9.17, 15) is 8.78 Å². The normalized spacial score (nSPS) is 11.7. The summed E-state index contributed by atoms with van der Waals surface area (Å²) in [5.41, 5.74) is 5.28. The molecule has 0 aliphatic heterocycles. The van der Waals surface area contributed by atoms with E-state index < -0.39 is 11.6 Å². The SMILES string of the molecule is CC(CN)Oc1cc(F)cc(F)c1.Cl. The van der Waals surface area contributed by atoms with Gasteiger partial charge in [-0.25, -0.2) is 8.78 Å². The van der Waals surface area contributed by atoms with Crippen molar-refractivity contribution in [1.29, 1.82) is 0 Å². The lowest BCUT2D eigenvalue weighted by atomic mass is 10.3. The summed E-state index contributed by atoms with van der Waals surface area (Å²) >= 11 is 0. The van der Waals surface area contributed by atoms with Crippen molar-refractivity contribution in [2.24, 2.45) is 5.73 Å². The molecule has 2 N–H and O–H groups in total. The Hall–Kier alpha value is -0.870. The second kappa shape index (κ2) is 5.78. The molecule has 0 bridgehead atoms. The maximum absolute atomic E-state index is 12.6. The van der Waals surface area contributed by atoms with Crippen LogP contribution in [0.5, 0.6) is 5.75 Å². The van der Waals surface area contributed by atoms with Gasteiger partial charge in [-0.05, 0) is 6.92 Å². The van der Waals surface area contributed by atoms with Gasteiger partial charge >= 0.3 is 0 Å². The van der Waals surface area contributed by atoms with Crippen LogP contribution in [-0.2, 0) is 0 Å². The Morgan fingerprint density at radius 2 is 1.79 bits per heavy atom. The molecule has 0 amide bonds. The highest BCUT2D eigenvalue weighted by atomic mass is 35.5. The van der Waals surface area contributed by atoms with Gasteiger partial charge in [-0.2, -0.15) is 0 Å². The highest BCUT2D eigenvalue weighted by molar-refractivity contribution is 5.85. The minimum atomic E-state index is -0.653. The summed E-state index contributed by atoms with van der Waals surface area (Å²) in [4.78, 5) is 0. The van der Waals surface area contributed by atoms with E-state index in [0.29, 0.717) is 6.54 Å². The number of benzene rings is 1. The van der Waals surface area contributed by atoms with Gasteiger partial charge in [0.1, 0.15) is 23.5 Å². The van der Waals surface area contributed by atoms with Crippen molar-refractivity contribution in [3.8, 4) is 5.75 Å². The lowest BCUT2D eigenvalue weighted by Crippen LogP contribution is -2.22. The van der Waals surface area contributed by atoms with Gasteiger partial charge in [0.2, 0.25) is 0 Å². The molecule has 0 saturated carbocycles. The van der Waals surface area contributed by atoms with Crippen molar-refractivity contribution in [3.05, 3.63) is 29.8 Å². The molecule has 14 heavy (non-hydrogen) atoms. The van der Waals surface area contributed by atoms with Crippen molar-refractivity contribution in [3.63, 3.8) is 0 Å². The summed E-state index contributed by atoms with van der Waals surface area (Å²) in [6.07, 6.45) is -0.249. The van der Waals surface area contributed by atoms with E-state index in [-0.39, 0.29) is 24.3 Å². The molecule has 1 atom stereocenters. The van der Waals surface area contributed by atoms with Crippen LogP contribution in [0.25, 0.3) is 0 Å². The summed E-state index contributed by atoms with van der Waals surface area (Å²) in [7, 11) is 0. The summed E-state index contributed by atoms with van der Waals surface area (Å²) < 4.78 is 30.4. The Balaban J connectivity index is 0.00000169. The molecule has 0 radical (unpaired) electrons. The van der Waals surface area contributed by atoms with Crippen LogP contribution >= 0.6 is 12.4 Å². The third kappa shape index (κ3) is 3.89. The number of halogens is 3. The largest absolute Gasteiger partial charge is 0.489 e. The summed E-state index contributed by atoms with van der Waals surface area (Å²) in [5, 5.41) is 0. The van der Waals surface area contributed by atoms with Gasteiger partial charge in [0.25, 0.3) is 0 Å². The lowest BCUT2D eigenvalue weighted by Gasteiger charge is -2.12. The quantitative estimate of drug-likeness (QED) is 0.852. The van der Waals surface area contributed by atoms with E-state index in [0.717, 1.165) is 18.2 Å². The summed E-state index contributed by atoms with van der Waals surface area (Å²) in [6.45, 7) is 2.03. The molecule has 80 valence electrons. The standard InChI is InChI=1S/C9H11F2NO.ClH/c1-6(5-12)13-9-3-7(10)2-8(11)4-9;/h2-4,6H,5,12H2,1H3;1H. The number of hydrogen-bond acceptors (Lipinski definition) is 2. The van der Waals surface area contributed by atoms with Gasteiger partial charge in [0.05, 0.1) is 0 Å². The van der Waals surface area contributed by atoms with Crippen LogP contribution in [0.15, 0.2) is 18.2 Å². The van der Waals surface area contributed by atoms with E-state index >= 15 is 0 Å².